The number of amides is 1. The van der Waals surface area contributed by atoms with Gasteiger partial charge in [0.1, 0.15) is 5.82 Å². The van der Waals surface area contributed by atoms with Crippen molar-refractivity contribution in [2.75, 3.05) is 5.73 Å². The summed E-state index contributed by atoms with van der Waals surface area (Å²) in [5, 5.41) is 1.05. The van der Waals surface area contributed by atoms with Crippen LogP contribution in [-0.4, -0.2) is 23.9 Å². The van der Waals surface area contributed by atoms with Crippen molar-refractivity contribution < 1.29 is 13.2 Å². The van der Waals surface area contributed by atoms with Crippen LogP contribution in [0.2, 0.25) is 0 Å². The normalized spacial score (nSPS) is 14.5. The fourth-order valence-electron chi connectivity index (χ4n) is 4.97. The molecule has 0 atom stereocenters. The van der Waals surface area contributed by atoms with Gasteiger partial charge >= 0.3 is 0 Å². The van der Waals surface area contributed by atoms with Gasteiger partial charge in [-0.05, 0) is 60.7 Å². The summed E-state index contributed by atoms with van der Waals surface area (Å²) in [5.41, 5.74) is 10.1. The maximum absolute atomic E-state index is 12.9. The second kappa shape index (κ2) is 8.61. The first kappa shape index (κ1) is 22.2. The molecule has 3 N–H and O–H groups in total. The van der Waals surface area contributed by atoms with Gasteiger partial charge in [-0.3, -0.25) is 4.79 Å². The number of carbonyl (C=O) groups excluding carboxylic acids is 1. The smallest absolute Gasteiger partial charge is 0.265 e. The molecule has 0 spiro atoms. The second-order valence-electron chi connectivity index (χ2n) is 8.73. The summed E-state index contributed by atoms with van der Waals surface area (Å²) in [7, 11) is -2.02. The number of fused-ring (bicyclic) bond motifs is 1. The minimum absolute atomic E-state index is 0.0434. The van der Waals surface area contributed by atoms with E-state index in [1.807, 2.05) is 29.8 Å². The predicted octanol–water partition coefficient (Wildman–Crippen LogP) is 4.60. The van der Waals surface area contributed by atoms with Crippen molar-refractivity contribution in [3.63, 3.8) is 0 Å². The van der Waals surface area contributed by atoms with Gasteiger partial charge in [0, 0.05) is 23.5 Å². The Morgan fingerprint density at radius 2 is 1.76 bits per heavy atom. The summed E-state index contributed by atoms with van der Waals surface area (Å²) in [6.45, 7) is 0. The van der Waals surface area contributed by atoms with E-state index in [0.29, 0.717) is 11.7 Å². The standard InChI is InChI=1S/C26H26N4O3S/c1-30-22-16-18(26(31)29-34(32,33)19-10-3-2-4-11-19)14-15-20(22)24(17-8-5-6-9-17)25(30)21-12-7-13-23(27)28-21/h2-4,7,10-17H,5-6,8-9H2,1H3,(H2,27,28)(H,29,31). The van der Waals surface area contributed by atoms with E-state index in [9.17, 15) is 13.2 Å². The van der Waals surface area contributed by atoms with Gasteiger partial charge in [-0.2, -0.15) is 0 Å². The number of rotatable bonds is 5. The van der Waals surface area contributed by atoms with E-state index in [4.69, 9.17) is 5.73 Å². The largest absolute Gasteiger partial charge is 0.384 e. The Labute approximate surface area is 198 Å². The highest BCUT2D eigenvalue weighted by Crippen LogP contribution is 2.44. The Morgan fingerprint density at radius 3 is 2.47 bits per heavy atom. The van der Waals surface area contributed by atoms with Crippen LogP contribution < -0.4 is 10.5 Å². The van der Waals surface area contributed by atoms with Gasteiger partial charge < -0.3 is 10.3 Å². The van der Waals surface area contributed by atoms with E-state index < -0.39 is 15.9 Å². The molecule has 1 aliphatic carbocycles. The number of aryl methyl sites for hydroxylation is 1. The zero-order chi connectivity index (χ0) is 23.9. The summed E-state index contributed by atoms with van der Waals surface area (Å²) in [6.07, 6.45) is 4.57. The molecule has 7 nitrogen and oxygen atoms in total. The Bertz CT molecular complexity index is 1490. The first-order valence-electron chi connectivity index (χ1n) is 11.3. The molecular weight excluding hydrogens is 448 g/mol. The Kier molecular flexibility index (Phi) is 5.61. The third-order valence-electron chi connectivity index (χ3n) is 6.56. The average Bonchev–Trinajstić information content (AvgIpc) is 3.45. The van der Waals surface area contributed by atoms with Crippen LogP contribution in [0.1, 0.15) is 47.5 Å². The number of anilines is 1. The van der Waals surface area contributed by atoms with E-state index in [0.717, 1.165) is 35.1 Å². The lowest BCUT2D eigenvalue weighted by Gasteiger charge is -2.13. The van der Waals surface area contributed by atoms with E-state index >= 15 is 0 Å². The zero-order valence-electron chi connectivity index (χ0n) is 18.9. The predicted molar refractivity (Wildman–Crippen MR) is 133 cm³/mol. The number of nitrogens with two attached hydrogens (primary N) is 1. The number of hydrogen-bond donors (Lipinski definition) is 2. The van der Waals surface area contributed by atoms with Crippen LogP contribution in [-0.2, 0) is 17.1 Å². The molecular formula is C26H26N4O3S. The number of nitrogens with zero attached hydrogens (tertiary/aromatic N) is 2. The van der Waals surface area contributed by atoms with Crippen molar-refractivity contribution >= 4 is 32.7 Å². The molecule has 0 saturated heterocycles. The molecule has 34 heavy (non-hydrogen) atoms. The third-order valence-corrected chi connectivity index (χ3v) is 7.91. The van der Waals surface area contributed by atoms with Gasteiger partial charge in [0.25, 0.3) is 15.9 Å². The first-order valence-corrected chi connectivity index (χ1v) is 12.8. The highest BCUT2D eigenvalue weighted by Gasteiger charge is 2.28. The molecule has 2 aromatic carbocycles. The number of sulfonamides is 1. The Balaban J connectivity index is 1.59. The average molecular weight is 475 g/mol. The molecule has 1 saturated carbocycles. The fourth-order valence-corrected chi connectivity index (χ4v) is 5.96. The summed E-state index contributed by atoms with van der Waals surface area (Å²) in [5.74, 6) is 0.185. The molecule has 174 valence electrons. The minimum Gasteiger partial charge on any atom is -0.384 e. The molecule has 2 heterocycles. The van der Waals surface area contributed by atoms with E-state index in [-0.39, 0.29) is 10.5 Å². The lowest BCUT2D eigenvalue weighted by molar-refractivity contribution is 0.0981. The SMILES string of the molecule is Cn1c(-c2cccc(N)n2)c(C2CCCC2)c2ccc(C(=O)NS(=O)(=O)c3ccccc3)cc21. The Hall–Kier alpha value is -3.65. The molecule has 8 heteroatoms. The highest BCUT2D eigenvalue weighted by atomic mass is 32.2. The van der Waals surface area contributed by atoms with Crippen LogP contribution in [0.15, 0.2) is 71.6 Å². The van der Waals surface area contributed by atoms with Gasteiger partial charge in [-0.15, -0.1) is 0 Å². The van der Waals surface area contributed by atoms with Crippen LogP contribution in [0.25, 0.3) is 22.3 Å². The topological polar surface area (TPSA) is 107 Å². The van der Waals surface area contributed by atoms with Crippen LogP contribution in [0.3, 0.4) is 0 Å². The van der Waals surface area contributed by atoms with Crippen molar-refractivity contribution in [2.45, 2.75) is 36.5 Å². The molecule has 0 unspecified atom stereocenters. The fraction of sp³-hybridized carbons (Fsp3) is 0.231. The number of nitrogen functional groups attached to an aromatic ring is 1. The zero-order valence-corrected chi connectivity index (χ0v) is 19.7. The van der Waals surface area contributed by atoms with E-state index in [1.165, 1.54) is 30.5 Å². The number of benzene rings is 2. The molecule has 4 aromatic rings. The molecule has 1 aliphatic rings. The van der Waals surface area contributed by atoms with Gasteiger partial charge in [0.05, 0.1) is 16.3 Å². The summed E-state index contributed by atoms with van der Waals surface area (Å²) in [6, 6.07) is 18.8. The summed E-state index contributed by atoms with van der Waals surface area (Å²) >= 11 is 0. The van der Waals surface area contributed by atoms with Gasteiger partial charge in [0.15, 0.2) is 0 Å². The molecule has 1 amide bonds. The van der Waals surface area contributed by atoms with Crippen LogP contribution in [0, 0.1) is 0 Å². The van der Waals surface area contributed by atoms with Crippen molar-refractivity contribution in [2.24, 2.45) is 7.05 Å². The molecule has 1 fully saturated rings. The quantitative estimate of drug-likeness (QED) is 0.440. The molecule has 0 bridgehead atoms. The van der Waals surface area contributed by atoms with Crippen LogP contribution in [0.4, 0.5) is 5.82 Å². The third kappa shape index (κ3) is 3.94. The molecule has 0 aliphatic heterocycles. The second-order valence-corrected chi connectivity index (χ2v) is 10.4. The summed E-state index contributed by atoms with van der Waals surface area (Å²) in [4.78, 5) is 17.5. The van der Waals surface area contributed by atoms with Crippen LogP contribution >= 0.6 is 0 Å². The molecule has 2 aromatic heterocycles. The van der Waals surface area contributed by atoms with Crippen LogP contribution in [0.5, 0.6) is 0 Å². The number of carbonyl (C=O) groups is 1. The number of hydrogen-bond acceptors (Lipinski definition) is 5. The highest BCUT2D eigenvalue weighted by molar-refractivity contribution is 7.90. The Morgan fingerprint density at radius 1 is 1.03 bits per heavy atom. The van der Waals surface area contributed by atoms with Gasteiger partial charge in [0.2, 0.25) is 0 Å². The molecule has 5 rings (SSSR count). The number of aromatic nitrogens is 2. The summed E-state index contributed by atoms with van der Waals surface area (Å²) < 4.78 is 29.5. The van der Waals surface area contributed by atoms with Crippen molar-refractivity contribution in [3.05, 3.63) is 77.9 Å². The van der Waals surface area contributed by atoms with Crippen molar-refractivity contribution in [1.29, 1.82) is 0 Å². The van der Waals surface area contributed by atoms with Gasteiger partial charge in [-0.25, -0.2) is 18.1 Å². The molecule has 0 radical (unpaired) electrons. The monoisotopic (exact) mass is 474 g/mol. The van der Waals surface area contributed by atoms with E-state index in [1.54, 1.807) is 36.4 Å². The maximum Gasteiger partial charge on any atom is 0.265 e. The van der Waals surface area contributed by atoms with Crippen molar-refractivity contribution in [3.8, 4) is 11.4 Å². The van der Waals surface area contributed by atoms with E-state index in [2.05, 4.69) is 9.71 Å². The lowest BCUT2D eigenvalue weighted by atomic mass is 9.93. The van der Waals surface area contributed by atoms with Gasteiger partial charge in [-0.1, -0.05) is 43.2 Å². The number of nitrogens with one attached hydrogen (secondary N) is 1. The first-order chi connectivity index (χ1) is 16.3. The maximum atomic E-state index is 12.9. The van der Waals surface area contributed by atoms with Crippen molar-refractivity contribution in [1.82, 2.24) is 14.3 Å². The lowest BCUT2D eigenvalue weighted by Crippen LogP contribution is -2.30. The minimum atomic E-state index is -3.97. The number of pyridine rings is 1.